The molecule has 0 radical (unpaired) electrons. The van der Waals surface area contributed by atoms with Crippen molar-refractivity contribution in [3.05, 3.63) is 23.8 Å². The number of ether oxygens (including phenoxy) is 3. The highest BCUT2D eigenvalue weighted by Crippen LogP contribution is 2.25. The summed E-state index contributed by atoms with van der Waals surface area (Å²) in [7, 11) is 1.65. The molecule has 0 aromatic heterocycles. The molecule has 24 heavy (non-hydrogen) atoms. The van der Waals surface area contributed by atoms with Gasteiger partial charge in [0.15, 0.2) is 5.11 Å². The second-order valence-electron chi connectivity index (χ2n) is 5.16. The van der Waals surface area contributed by atoms with Gasteiger partial charge >= 0.3 is 0 Å². The summed E-state index contributed by atoms with van der Waals surface area (Å²) in [5.74, 6) is 1.54. The first kappa shape index (κ1) is 20.2. The Morgan fingerprint density at radius 3 is 2.58 bits per heavy atom. The first-order chi connectivity index (χ1) is 11.5. The minimum Gasteiger partial charge on any atom is -0.494 e. The molecule has 1 atom stereocenters. The van der Waals surface area contributed by atoms with E-state index in [-0.39, 0.29) is 6.04 Å². The Bertz CT molecular complexity index is 564. The molecule has 0 aliphatic carbocycles. The number of rotatable bonds is 9. The van der Waals surface area contributed by atoms with E-state index in [4.69, 9.17) is 26.4 Å². The average molecular weight is 353 g/mol. The predicted molar refractivity (Wildman–Crippen MR) is 101 cm³/mol. The smallest absolute Gasteiger partial charge is 0.187 e. The Morgan fingerprint density at radius 1 is 1.25 bits per heavy atom. The Labute approximate surface area is 149 Å². The van der Waals surface area contributed by atoms with Crippen LogP contribution in [0.3, 0.4) is 0 Å². The van der Waals surface area contributed by atoms with Crippen LogP contribution >= 0.6 is 12.2 Å². The van der Waals surface area contributed by atoms with Crippen molar-refractivity contribution in [1.82, 2.24) is 10.7 Å². The van der Waals surface area contributed by atoms with Gasteiger partial charge in [0.05, 0.1) is 25.5 Å². The molecule has 6 nitrogen and oxygen atoms in total. The number of hydrogen-bond acceptors (Lipinski definition) is 5. The normalized spacial score (nSPS) is 12.5. The van der Waals surface area contributed by atoms with Crippen LogP contribution in [0.4, 0.5) is 0 Å². The molecular formula is C17H27N3O3S. The lowest BCUT2D eigenvalue weighted by Crippen LogP contribution is -2.40. The van der Waals surface area contributed by atoms with Crippen molar-refractivity contribution in [3.8, 4) is 11.5 Å². The van der Waals surface area contributed by atoms with Crippen LogP contribution in [-0.2, 0) is 4.74 Å². The molecule has 134 valence electrons. The number of hydrogen-bond donors (Lipinski definition) is 2. The molecule has 0 bridgehead atoms. The first-order valence-corrected chi connectivity index (χ1v) is 8.42. The molecule has 0 saturated carbocycles. The highest BCUT2D eigenvalue weighted by atomic mass is 32.1. The van der Waals surface area contributed by atoms with Gasteiger partial charge in [0.1, 0.15) is 11.5 Å². The fourth-order valence-electron chi connectivity index (χ4n) is 2.07. The molecule has 1 rings (SSSR count). The molecule has 0 saturated heterocycles. The third kappa shape index (κ3) is 6.72. The molecule has 7 heteroatoms. The van der Waals surface area contributed by atoms with Gasteiger partial charge in [-0.05, 0) is 58.1 Å². The quantitative estimate of drug-likeness (QED) is 0.404. The summed E-state index contributed by atoms with van der Waals surface area (Å²) in [5, 5.41) is 7.87. The van der Waals surface area contributed by atoms with Crippen LogP contribution in [0.25, 0.3) is 0 Å². The zero-order chi connectivity index (χ0) is 17.9. The third-order valence-corrected chi connectivity index (χ3v) is 3.28. The van der Waals surface area contributed by atoms with Crippen LogP contribution in [0.5, 0.6) is 11.5 Å². The van der Waals surface area contributed by atoms with Gasteiger partial charge in [-0.2, -0.15) is 5.10 Å². The van der Waals surface area contributed by atoms with E-state index >= 15 is 0 Å². The van der Waals surface area contributed by atoms with Crippen LogP contribution in [0, 0.1) is 0 Å². The Balaban J connectivity index is 2.85. The molecule has 0 unspecified atom stereocenters. The maximum atomic E-state index is 5.67. The van der Waals surface area contributed by atoms with E-state index < -0.39 is 0 Å². The lowest BCUT2D eigenvalue weighted by atomic mass is 10.1. The number of benzene rings is 1. The second-order valence-corrected chi connectivity index (χ2v) is 5.57. The molecule has 0 aliphatic heterocycles. The van der Waals surface area contributed by atoms with Crippen molar-refractivity contribution >= 4 is 23.0 Å². The van der Waals surface area contributed by atoms with Crippen molar-refractivity contribution in [3.63, 3.8) is 0 Å². The van der Waals surface area contributed by atoms with Crippen molar-refractivity contribution in [1.29, 1.82) is 0 Å². The molecular weight excluding hydrogens is 326 g/mol. The van der Waals surface area contributed by atoms with Crippen LogP contribution in [0.15, 0.2) is 23.3 Å². The number of nitrogens with zero attached hydrogens (tertiary/aromatic N) is 1. The monoisotopic (exact) mass is 353 g/mol. The summed E-state index contributed by atoms with van der Waals surface area (Å²) in [6, 6.07) is 5.79. The predicted octanol–water partition coefficient (Wildman–Crippen LogP) is 2.71. The summed E-state index contributed by atoms with van der Waals surface area (Å²) in [4.78, 5) is 0. The molecule has 1 aromatic rings. The Hall–Kier alpha value is -1.86. The van der Waals surface area contributed by atoms with Crippen LogP contribution in [0.1, 0.15) is 33.3 Å². The van der Waals surface area contributed by atoms with Crippen molar-refractivity contribution in [2.45, 2.75) is 33.7 Å². The highest BCUT2D eigenvalue weighted by Gasteiger charge is 2.10. The van der Waals surface area contributed by atoms with Gasteiger partial charge in [-0.25, -0.2) is 0 Å². The fraction of sp³-hybridized carbons (Fsp3) is 0.529. The van der Waals surface area contributed by atoms with E-state index in [1.165, 1.54) is 0 Å². The van der Waals surface area contributed by atoms with E-state index in [0.717, 1.165) is 22.8 Å². The van der Waals surface area contributed by atoms with Crippen molar-refractivity contribution in [2.75, 3.05) is 26.9 Å². The van der Waals surface area contributed by atoms with E-state index in [2.05, 4.69) is 15.8 Å². The van der Waals surface area contributed by atoms with Gasteiger partial charge in [0.25, 0.3) is 0 Å². The van der Waals surface area contributed by atoms with Crippen LogP contribution < -0.4 is 20.2 Å². The SMILES string of the molecule is CCOc1ccc(OCC)c(/C(C)=N\NC(=S)N[C@H](C)COC)c1. The molecule has 0 spiro atoms. The number of nitrogens with one attached hydrogen (secondary N) is 2. The number of thiocarbonyl (C=S) groups is 1. The third-order valence-electron chi connectivity index (χ3n) is 3.07. The van der Waals surface area contributed by atoms with Crippen molar-refractivity contribution in [2.24, 2.45) is 5.10 Å². The van der Waals surface area contributed by atoms with Gasteiger partial charge in [0.2, 0.25) is 0 Å². The maximum absolute atomic E-state index is 5.67. The summed E-state index contributed by atoms with van der Waals surface area (Å²) in [6.07, 6.45) is 0. The molecule has 0 heterocycles. The van der Waals surface area contributed by atoms with Gasteiger partial charge in [-0.15, -0.1) is 0 Å². The molecule has 2 N–H and O–H groups in total. The average Bonchev–Trinajstić information content (AvgIpc) is 2.54. The minimum absolute atomic E-state index is 0.103. The van der Waals surface area contributed by atoms with Crippen LogP contribution in [0.2, 0.25) is 0 Å². The van der Waals surface area contributed by atoms with E-state index in [1.54, 1.807) is 7.11 Å². The van der Waals surface area contributed by atoms with Gasteiger partial charge < -0.3 is 19.5 Å². The number of hydrazone groups is 1. The largest absolute Gasteiger partial charge is 0.494 e. The van der Waals surface area contributed by atoms with Gasteiger partial charge in [0, 0.05) is 18.7 Å². The summed E-state index contributed by atoms with van der Waals surface area (Å²) >= 11 is 5.22. The Morgan fingerprint density at radius 2 is 1.96 bits per heavy atom. The van der Waals surface area contributed by atoms with E-state index in [9.17, 15) is 0 Å². The molecule has 0 fully saturated rings. The minimum atomic E-state index is 0.103. The molecule has 1 aromatic carbocycles. The summed E-state index contributed by atoms with van der Waals surface area (Å²) < 4.78 is 16.3. The number of methoxy groups -OCH3 is 1. The van der Waals surface area contributed by atoms with Gasteiger partial charge in [-0.3, -0.25) is 5.43 Å². The standard InChI is InChI=1S/C17H27N3O3S/c1-6-22-14-8-9-16(23-7-2)15(10-14)13(4)19-20-17(24)18-12(3)11-21-5/h8-10,12H,6-7,11H2,1-5H3,(H2,18,20,24)/b19-13-/t12-/m1/s1. The maximum Gasteiger partial charge on any atom is 0.187 e. The fourth-order valence-corrected chi connectivity index (χ4v) is 2.32. The lowest BCUT2D eigenvalue weighted by molar-refractivity contribution is 0.179. The summed E-state index contributed by atoms with van der Waals surface area (Å²) in [5.41, 5.74) is 4.46. The summed E-state index contributed by atoms with van der Waals surface area (Å²) in [6.45, 7) is 9.51. The van der Waals surface area contributed by atoms with Gasteiger partial charge in [-0.1, -0.05) is 0 Å². The lowest BCUT2D eigenvalue weighted by Gasteiger charge is -2.15. The van der Waals surface area contributed by atoms with Crippen LogP contribution in [-0.4, -0.2) is 43.8 Å². The zero-order valence-electron chi connectivity index (χ0n) is 15.0. The molecule has 0 aliphatic rings. The van der Waals surface area contributed by atoms with E-state index in [1.807, 2.05) is 45.9 Å². The Kier molecular flexibility index (Phi) is 9.11. The first-order valence-electron chi connectivity index (χ1n) is 8.01. The second kappa shape index (κ2) is 10.8. The molecule has 0 amide bonds. The highest BCUT2D eigenvalue weighted by molar-refractivity contribution is 7.80. The zero-order valence-corrected chi connectivity index (χ0v) is 15.8. The topological polar surface area (TPSA) is 64.1 Å². The van der Waals surface area contributed by atoms with E-state index in [0.29, 0.717) is 24.9 Å². The van der Waals surface area contributed by atoms with Crippen molar-refractivity contribution < 1.29 is 14.2 Å².